The molecule has 0 heterocycles. The smallest absolute Gasteiger partial charge is 0.407 e. The molecule has 3 nitrogen and oxygen atoms in total. The molecule has 0 spiro atoms. The van der Waals surface area contributed by atoms with Crippen molar-refractivity contribution >= 4 is 6.09 Å². The lowest BCUT2D eigenvalue weighted by Crippen LogP contribution is -2.41. The largest absolute Gasteiger partial charge is 0.444 e. The Kier molecular flexibility index (Phi) is 4.23. The van der Waals surface area contributed by atoms with Gasteiger partial charge in [0.15, 0.2) is 0 Å². The van der Waals surface area contributed by atoms with E-state index in [0.717, 1.165) is 25.7 Å². The Labute approximate surface area is 97.9 Å². The summed E-state index contributed by atoms with van der Waals surface area (Å²) >= 11 is 0. The van der Waals surface area contributed by atoms with E-state index in [1.54, 1.807) is 0 Å². The third kappa shape index (κ3) is 4.57. The van der Waals surface area contributed by atoms with Gasteiger partial charge in [-0.3, -0.25) is 0 Å². The molecule has 1 N–H and O–H groups in total. The molecule has 1 amide bonds. The Hall–Kier alpha value is -1.17. The second kappa shape index (κ2) is 5.25. The number of alkyl carbamates (subject to hydrolysis) is 1. The van der Waals surface area contributed by atoms with E-state index in [0.29, 0.717) is 5.92 Å². The van der Waals surface area contributed by atoms with Crippen LogP contribution in [0.5, 0.6) is 0 Å². The Balaban J connectivity index is 2.37. The van der Waals surface area contributed by atoms with Crippen LogP contribution < -0.4 is 5.32 Å². The Morgan fingerprint density at radius 1 is 1.44 bits per heavy atom. The average Bonchev–Trinajstić information content (AvgIpc) is 2.15. The number of carbonyl (C=O) groups is 1. The molecule has 1 fully saturated rings. The molecule has 0 bridgehead atoms. The normalized spacial score (nSPS) is 25.6. The lowest BCUT2D eigenvalue weighted by atomic mass is 9.86. The Bertz CT molecular complexity index is 285. The molecule has 90 valence electrons. The summed E-state index contributed by atoms with van der Waals surface area (Å²) in [5, 5.41) is 2.88. The highest BCUT2D eigenvalue weighted by Crippen LogP contribution is 2.23. The fourth-order valence-electron chi connectivity index (χ4n) is 1.95. The van der Waals surface area contributed by atoms with E-state index in [4.69, 9.17) is 11.2 Å². The van der Waals surface area contributed by atoms with Gasteiger partial charge in [-0.05, 0) is 40.0 Å². The zero-order chi connectivity index (χ0) is 12.2. The molecule has 2 atom stereocenters. The number of hydrogen-bond donors (Lipinski definition) is 1. The molecule has 1 rings (SSSR count). The molecule has 0 aromatic carbocycles. The van der Waals surface area contributed by atoms with E-state index in [9.17, 15) is 4.79 Å². The zero-order valence-electron chi connectivity index (χ0n) is 10.4. The van der Waals surface area contributed by atoms with Crippen molar-refractivity contribution in [1.82, 2.24) is 5.32 Å². The van der Waals surface area contributed by atoms with E-state index in [1.165, 1.54) is 0 Å². The third-order valence-corrected chi connectivity index (χ3v) is 2.63. The Morgan fingerprint density at radius 3 is 2.69 bits per heavy atom. The van der Waals surface area contributed by atoms with Crippen LogP contribution in [-0.2, 0) is 4.74 Å². The van der Waals surface area contributed by atoms with Crippen molar-refractivity contribution in [3.05, 3.63) is 0 Å². The van der Waals surface area contributed by atoms with Gasteiger partial charge in [-0.2, -0.15) is 0 Å². The van der Waals surface area contributed by atoms with Gasteiger partial charge in [0.1, 0.15) is 5.60 Å². The summed E-state index contributed by atoms with van der Waals surface area (Å²) in [7, 11) is 0. The van der Waals surface area contributed by atoms with Gasteiger partial charge in [-0.25, -0.2) is 4.79 Å². The van der Waals surface area contributed by atoms with Gasteiger partial charge in [0.2, 0.25) is 0 Å². The molecule has 0 aliphatic heterocycles. The monoisotopic (exact) mass is 223 g/mol. The van der Waals surface area contributed by atoms with Crippen LogP contribution in [0.2, 0.25) is 0 Å². The summed E-state index contributed by atoms with van der Waals surface area (Å²) in [5.41, 5.74) is -0.440. The fraction of sp³-hybridized carbons (Fsp3) is 0.769. The summed E-state index contributed by atoms with van der Waals surface area (Å²) in [6.07, 6.45) is 9.09. The van der Waals surface area contributed by atoms with Crippen LogP contribution in [0.25, 0.3) is 0 Å². The fourth-order valence-corrected chi connectivity index (χ4v) is 1.95. The number of ether oxygens (including phenoxy) is 1. The van der Waals surface area contributed by atoms with Crippen LogP contribution in [-0.4, -0.2) is 17.7 Å². The maximum atomic E-state index is 11.5. The minimum Gasteiger partial charge on any atom is -0.444 e. The van der Waals surface area contributed by atoms with E-state index < -0.39 is 5.60 Å². The molecular weight excluding hydrogens is 202 g/mol. The predicted molar refractivity (Wildman–Crippen MR) is 63.9 cm³/mol. The van der Waals surface area contributed by atoms with Crippen LogP contribution >= 0.6 is 0 Å². The molecule has 0 aromatic rings. The molecule has 16 heavy (non-hydrogen) atoms. The summed E-state index contributed by atoms with van der Waals surface area (Å²) in [5.74, 6) is 3.06. The maximum absolute atomic E-state index is 11.5. The number of nitrogens with one attached hydrogen (secondary N) is 1. The number of hydrogen-bond acceptors (Lipinski definition) is 2. The number of amides is 1. The number of rotatable bonds is 1. The zero-order valence-corrected chi connectivity index (χ0v) is 10.4. The van der Waals surface area contributed by atoms with Gasteiger partial charge in [0.05, 0.1) is 0 Å². The molecule has 0 aromatic heterocycles. The third-order valence-electron chi connectivity index (χ3n) is 2.63. The van der Waals surface area contributed by atoms with Crippen molar-refractivity contribution in [3.8, 4) is 12.3 Å². The average molecular weight is 223 g/mol. The van der Waals surface area contributed by atoms with Gasteiger partial charge in [0, 0.05) is 12.0 Å². The molecule has 1 aliphatic carbocycles. The highest BCUT2D eigenvalue weighted by Gasteiger charge is 2.24. The standard InChI is InChI=1S/C13H21NO2/c1-5-10-7-6-8-11(9-10)14-12(15)16-13(2,3)4/h1,10-11H,6-9H2,2-4H3,(H,14,15)/t10-,11?/m1/s1. The lowest BCUT2D eigenvalue weighted by Gasteiger charge is -2.28. The maximum Gasteiger partial charge on any atom is 0.407 e. The second-order valence-electron chi connectivity index (χ2n) is 5.37. The number of terminal acetylenes is 1. The first-order chi connectivity index (χ1) is 7.40. The first kappa shape index (κ1) is 12.9. The summed E-state index contributed by atoms with van der Waals surface area (Å²) in [6, 6.07) is 0.171. The topological polar surface area (TPSA) is 38.3 Å². The highest BCUT2D eigenvalue weighted by molar-refractivity contribution is 5.68. The second-order valence-corrected chi connectivity index (χ2v) is 5.37. The summed E-state index contributed by atoms with van der Waals surface area (Å²) < 4.78 is 5.21. The van der Waals surface area contributed by atoms with Gasteiger partial charge < -0.3 is 10.1 Å². The first-order valence-corrected chi connectivity index (χ1v) is 5.86. The predicted octanol–water partition coefficient (Wildman–Crippen LogP) is 2.70. The SMILES string of the molecule is C#C[C@@H]1CCCC(NC(=O)OC(C)(C)C)C1. The van der Waals surface area contributed by atoms with Crippen molar-refractivity contribution in [2.45, 2.75) is 58.1 Å². The van der Waals surface area contributed by atoms with E-state index in [-0.39, 0.29) is 12.1 Å². The van der Waals surface area contributed by atoms with Crippen molar-refractivity contribution < 1.29 is 9.53 Å². The summed E-state index contributed by atoms with van der Waals surface area (Å²) in [4.78, 5) is 11.5. The summed E-state index contributed by atoms with van der Waals surface area (Å²) in [6.45, 7) is 5.58. The number of carbonyl (C=O) groups excluding carboxylic acids is 1. The van der Waals surface area contributed by atoms with Crippen LogP contribution in [0.3, 0.4) is 0 Å². The molecule has 3 heteroatoms. The van der Waals surface area contributed by atoms with Crippen molar-refractivity contribution in [3.63, 3.8) is 0 Å². The van der Waals surface area contributed by atoms with Crippen LogP contribution in [0.15, 0.2) is 0 Å². The Morgan fingerprint density at radius 2 is 2.12 bits per heavy atom. The van der Waals surface area contributed by atoms with E-state index in [2.05, 4.69) is 11.2 Å². The van der Waals surface area contributed by atoms with Crippen molar-refractivity contribution in [1.29, 1.82) is 0 Å². The van der Waals surface area contributed by atoms with Crippen molar-refractivity contribution in [2.24, 2.45) is 5.92 Å². The van der Waals surface area contributed by atoms with Gasteiger partial charge in [0.25, 0.3) is 0 Å². The van der Waals surface area contributed by atoms with Gasteiger partial charge in [-0.15, -0.1) is 12.3 Å². The van der Waals surface area contributed by atoms with Crippen LogP contribution in [0, 0.1) is 18.3 Å². The molecule has 1 unspecified atom stereocenters. The van der Waals surface area contributed by atoms with Crippen LogP contribution in [0.4, 0.5) is 4.79 Å². The van der Waals surface area contributed by atoms with Crippen molar-refractivity contribution in [2.75, 3.05) is 0 Å². The van der Waals surface area contributed by atoms with E-state index in [1.807, 2.05) is 20.8 Å². The molecule has 1 saturated carbocycles. The molecule has 0 saturated heterocycles. The molecule has 0 radical (unpaired) electrons. The minimum atomic E-state index is -0.440. The highest BCUT2D eigenvalue weighted by atomic mass is 16.6. The van der Waals surface area contributed by atoms with E-state index >= 15 is 0 Å². The molecule has 1 aliphatic rings. The van der Waals surface area contributed by atoms with Crippen LogP contribution in [0.1, 0.15) is 46.5 Å². The molecular formula is C13H21NO2. The van der Waals surface area contributed by atoms with Gasteiger partial charge in [-0.1, -0.05) is 6.42 Å². The van der Waals surface area contributed by atoms with Gasteiger partial charge >= 0.3 is 6.09 Å². The minimum absolute atomic E-state index is 0.171. The lowest BCUT2D eigenvalue weighted by molar-refractivity contribution is 0.0489. The first-order valence-electron chi connectivity index (χ1n) is 5.86. The quantitative estimate of drug-likeness (QED) is 0.694.